The fourth-order valence-electron chi connectivity index (χ4n) is 3.32. The third-order valence-corrected chi connectivity index (χ3v) is 5.17. The molecule has 1 aromatic carbocycles. The average molecular weight is 361 g/mol. The summed E-state index contributed by atoms with van der Waals surface area (Å²) in [6, 6.07) is 6.49. The number of ether oxygens (including phenoxy) is 1. The van der Waals surface area contributed by atoms with E-state index in [4.69, 9.17) is 10.5 Å². The van der Waals surface area contributed by atoms with Crippen molar-refractivity contribution < 1.29 is 14.3 Å². The zero-order valence-corrected chi connectivity index (χ0v) is 16.2. The van der Waals surface area contributed by atoms with Crippen LogP contribution < -0.4 is 15.8 Å². The Morgan fingerprint density at radius 1 is 1.15 bits per heavy atom. The first-order chi connectivity index (χ1) is 12.3. The van der Waals surface area contributed by atoms with E-state index in [0.29, 0.717) is 30.3 Å². The molecule has 26 heavy (non-hydrogen) atoms. The Balaban J connectivity index is 2.01. The summed E-state index contributed by atoms with van der Waals surface area (Å²) in [6.45, 7) is 7.32. The maximum Gasteiger partial charge on any atom is 0.251 e. The zero-order chi connectivity index (χ0) is 19.3. The molecule has 1 saturated heterocycles. The normalized spacial score (nSPS) is 17.7. The van der Waals surface area contributed by atoms with Crippen LogP contribution in [0.1, 0.15) is 44.0 Å². The number of rotatable bonds is 6. The lowest BCUT2D eigenvalue weighted by molar-refractivity contribution is -0.135. The Hall–Kier alpha value is -2.08. The highest BCUT2D eigenvalue weighted by Crippen LogP contribution is 2.21. The maximum atomic E-state index is 12.9. The van der Waals surface area contributed by atoms with E-state index in [1.54, 1.807) is 31.4 Å². The molecule has 6 heteroatoms. The molecule has 144 valence electrons. The summed E-state index contributed by atoms with van der Waals surface area (Å²) in [5.41, 5.74) is 6.49. The minimum absolute atomic E-state index is 0.00927. The molecule has 1 aliphatic rings. The van der Waals surface area contributed by atoms with Crippen molar-refractivity contribution in [2.75, 3.05) is 20.2 Å². The Morgan fingerprint density at radius 3 is 2.19 bits per heavy atom. The number of hydrogen-bond donors (Lipinski definition) is 2. The average Bonchev–Trinajstić information content (AvgIpc) is 2.65. The van der Waals surface area contributed by atoms with E-state index in [1.807, 2.05) is 25.7 Å². The minimum atomic E-state index is -0.531. The van der Waals surface area contributed by atoms with Crippen LogP contribution in [0.15, 0.2) is 24.3 Å². The van der Waals surface area contributed by atoms with Crippen molar-refractivity contribution in [1.82, 2.24) is 10.2 Å². The van der Waals surface area contributed by atoms with Crippen LogP contribution in [0, 0.1) is 11.8 Å². The van der Waals surface area contributed by atoms with E-state index in [0.717, 1.165) is 12.8 Å². The first-order valence-corrected chi connectivity index (χ1v) is 9.32. The fraction of sp³-hybridized carbons (Fsp3) is 0.600. The van der Waals surface area contributed by atoms with Crippen LogP contribution in [0.4, 0.5) is 0 Å². The molecule has 1 heterocycles. The van der Waals surface area contributed by atoms with Crippen LogP contribution in [0.2, 0.25) is 0 Å². The van der Waals surface area contributed by atoms with Crippen molar-refractivity contribution >= 4 is 11.8 Å². The molecule has 2 atom stereocenters. The highest BCUT2D eigenvalue weighted by atomic mass is 16.5. The lowest BCUT2D eigenvalue weighted by atomic mass is 9.90. The van der Waals surface area contributed by atoms with Gasteiger partial charge in [0.1, 0.15) is 11.8 Å². The second kappa shape index (κ2) is 9.03. The number of carbonyl (C=O) groups is 2. The van der Waals surface area contributed by atoms with Crippen molar-refractivity contribution in [3.05, 3.63) is 29.8 Å². The molecule has 1 aliphatic heterocycles. The third kappa shape index (κ3) is 4.97. The number of hydrogen-bond acceptors (Lipinski definition) is 4. The molecule has 2 unspecified atom stereocenters. The third-order valence-electron chi connectivity index (χ3n) is 5.17. The van der Waals surface area contributed by atoms with E-state index in [1.165, 1.54) is 0 Å². The summed E-state index contributed by atoms with van der Waals surface area (Å²) in [6.07, 6.45) is 1.83. The molecule has 1 fully saturated rings. The number of likely N-dealkylation sites (tertiary alicyclic amines) is 1. The summed E-state index contributed by atoms with van der Waals surface area (Å²) in [4.78, 5) is 27.4. The van der Waals surface area contributed by atoms with E-state index in [-0.39, 0.29) is 23.8 Å². The predicted molar refractivity (Wildman–Crippen MR) is 102 cm³/mol. The number of benzene rings is 1. The molecule has 0 bridgehead atoms. The molecule has 3 N–H and O–H groups in total. The van der Waals surface area contributed by atoms with Crippen LogP contribution in [-0.4, -0.2) is 49.0 Å². The van der Waals surface area contributed by atoms with Gasteiger partial charge in [-0.3, -0.25) is 9.59 Å². The number of methoxy groups -OCH3 is 1. The summed E-state index contributed by atoms with van der Waals surface area (Å²) >= 11 is 0. The quantitative estimate of drug-likeness (QED) is 0.812. The summed E-state index contributed by atoms with van der Waals surface area (Å²) in [7, 11) is 1.58. The Bertz CT molecular complexity index is 605. The van der Waals surface area contributed by atoms with Crippen molar-refractivity contribution in [1.29, 1.82) is 0 Å². The molecular weight excluding hydrogens is 330 g/mol. The molecule has 6 nitrogen and oxygen atoms in total. The number of amides is 2. The second-order valence-electron chi connectivity index (χ2n) is 7.45. The van der Waals surface area contributed by atoms with Crippen molar-refractivity contribution in [3.63, 3.8) is 0 Å². The van der Waals surface area contributed by atoms with Gasteiger partial charge in [-0.05, 0) is 55.9 Å². The summed E-state index contributed by atoms with van der Waals surface area (Å²) in [5.74, 6) is 0.909. The van der Waals surface area contributed by atoms with Crippen LogP contribution in [0.25, 0.3) is 0 Å². The van der Waals surface area contributed by atoms with Crippen LogP contribution >= 0.6 is 0 Å². The molecule has 0 aliphatic carbocycles. The van der Waals surface area contributed by atoms with E-state index >= 15 is 0 Å². The monoisotopic (exact) mass is 361 g/mol. The van der Waals surface area contributed by atoms with Gasteiger partial charge in [0.25, 0.3) is 5.91 Å². The smallest absolute Gasteiger partial charge is 0.251 e. The molecule has 0 aromatic heterocycles. The SMILES string of the molecule is COc1ccc(C(=O)NC(C(=O)N2CCC(C(C)N)CC2)C(C)C)cc1. The van der Waals surface area contributed by atoms with Crippen LogP contribution in [-0.2, 0) is 4.79 Å². The van der Waals surface area contributed by atoms with Crippen molar-refractivity contribution in [2.24, 2.45) is 17.6 Å². The van der Waals surface area contributed by atoms with Gasteiger partial charge < -0.3 is 20.7 Å². The van der Waals surface area contributed by atoms with E-state index in [9.17, 15) is 9.59 Å². The van der Waals surface area contributed by atoms with Gasteiger partial charge in [0.2, 0.25) is 5.91 Å². The number of nitrogens with two attached hydrogens (primary N) is 1. The highest BCUT2D eigenvalue weighted by Gasteiger charge is 2.32. The predicted octanol–water partition coefficient (Wildman–Crippen LogP) is 2.04. The van der Waals surface area contributed by atoms with Gasteiger partial charge in [0, 0.05) is 24.7 Å². The number of nitrogens with zero attached hydrogens (tertiary/aromatic N) is 1. The number of piperidine rings is 1. The first-order valence-electron chi connectivity index (χ1n) is 9.32. The van der Waals surface area contributed by atoms with Crippen LogP contribution in [0.5, 0.6) is 5.75 Å². The van der Waals surface area contributed by atoms with Gasteiger partial charge in [-0.25, -0.2) is 0 Å². The molecule has 0 saturated carbocycles. The van der Waals surface area contributed by atoms with Crippen molar-refractivity contribution in [3.8, 4) is 5.75 Å². The fourth-order valence-corrected chi connectivity index (χ4v) is 3.32. The molecule has 0 spiro atoms. The zero-order valence-electron chi connectivity index (χ0n) is 16.2. The van der Waals surface area contributed by atoms with E-state index < -0.39 is 6.04 Å². The molecule has 0 radical (unpaired) electrons. The van der Waals surface area contributed by atoms with Gasteiger partial charge >= 0.3 is 0 Å². The second-order valence-corrected chi connectivity index (χ2v) is 7.45. The van der Waals surface area contributed by atoms with Crippen molar-refractivity contribution in [2.45, 2.75) is 45.7 Å². The lowest BCUT2D eigenvalue weighted by Gasteiger charge is -2.36. The van der Waals surface area contributed by atoms with Gasteiger partial charge in [-0.2, -0.15) is 0 Å². The van der Waals surface area contributed by atoms with Gasteiger partial charge in [-0.15, -0.1) is 0 Å². The minimum Gasteiger partial charge on any atom is -0.497 e. The Labute approximate surface area is 156 Å². The van der Waals surface area contributed by atoms with Gasteiger partial charge in [-0.1, -0.05) is 13.8 Å². The standard InChI is InChI=1S/C20H31N3O3/c1-13(2)18(20(25)23-11-9-15(10-12-23)14(3)21)22-19(24)16-5-7-17(26-4)8-6-16/h5-8,13-15,18H,9-12,21H2,1-4H3,(H,22,24). The first kappa shape index (κ1) is 20.2. The molecular formula is C20H31N3O3. The number of nitrogens with one attached hydrogen (secondary N) is 1. The number of carbonyl (C=O) groups excluding carboxylic acids is 2. The van der Waals surface area contributed by atoms with Crippen LogP contribution in [0.3, 0.4) is 0 Å². The highest BCUT2D eigenvalue weighted by molar-refractivity contribution is 5.97. The molecule has 2 amide bonds. The topological polar surface area (TPSA) is 84.7 Å². The molecule has 1 aromatic rings. The molecule has 2 rings (SSSR count). The Kier molecular flexibility index (Phi) is 7.03. The summed E-state index contributed by atoms with van der Waals surface area (Å²) < 4.78 is 5.11. The van der Waals surface area contributed by atoms with Gasteiger partial charge in [0.15, 0.2) is 0 Å². The van der Waals surface area contributed by atoms with Gasteiger partial charge in [0.05, 0.1) is 7.11 Å². The summed E-state index contributed by atoms with van der Waals surface area (Å²) in [5, 5.41) is 2.91. The Morgan fingerprint density at radius 2 is 1.73 bits per heavy atom. The maximum absolute atomic E-state index is 12.9. The lowest BCUT2D eigenvalue weighted by Crippen LogP contribution is -2.53. The van der Waals surface area contributed by atoms with E-state index in [2.05, 4.69) is 5.32 Å². The largest absolute Gasteiger partial charge is 0.497 e.